The first-order chi connectivity index (χ1) is 14.3. The molecule has 30 heavy (non-hydrogen) atoms. The van der Waals surface area contributed by atoms with E-state index in [4.69, 9.17) is 0 Å². The van der Waals surface area contributed by atoms with Crippen LogP contribution in [0.2, 0.25) is 0 Å². The topological polar surface area (TPSA) is 67.4 Å². The molecule has 2 amide bonds. The Morgan fingerprint density at radius 2 is 1.57 bits per heavy atom. The fourth-order valence-electron chi connectivity index (χ4n) is 3.42. The molecule has 1 saturated carbocycles. The molecule has 0 heterocycles. The van der Waals surface area contributed by atoms with Gasteiger partial charge in [0.05, 0.1) is 0 Å². The predicted octanol–water partition coefficient (Wildman–Crippen LogP) is 5.03. The van der Waals surface area contributed by atoms with Gasteiger partial charge >= 0.3 is 6.36 Å². The number of carbonyl (C=O) groups excluding carboxylic acids is 2. The van der Waals surface area contributed by atoms with Crippen LogP contribution in [-0.4, -0.2) is 18.2 Å². The number of anilines is 1. The second-order valence-corrected chi connectivity index (χ2v) is 7.28. The van der Waals surface area contributed by atoms with Crippen LogP contribution in [0.15, 0.2) is 48.5 Å². The normalized spacial score (nSPS) is 14.8. The molecule has 5 nitrogen and oxygen atoms in total. The molecule has 0 aromatic heterocycles. The third kappa shape index (κ3) is 6.50. The summed E-state index contributed by atoms with van der Waals surface area (Å²) in [5.74, 6) is -0.580. The van der Waals surface area contributed by atoms with Crippen molar-refractivity contribution in [1.29, 1.82) is 0 Å². The van der Waals surface area contributed by atoms with Gasteiger partial charge in [0.2, 0.25) is 5.91 Å². The van der Waals surface area contributed by atoms with Crippen LogP contribution in [0.1, 0.15) is 48.0 Å². The van der Waals surface area contributed by atoms with E-state index in [0.29, 0.717) is 17.8 Å². The third-order valence-electron chi connectivity index (χ3n) is 5.00. The summed E-state index contributed by atoms with van der Waals surface area (Å²) in [6.07, 6.45) is 0.504. The lowest BCUT2D eigenvalue weighted by atomic mass is 9.88. The van der Waals surface area contributed by atoms with Gasteiger partial charge in [0.15, 0.2) is 0 Å². The van der Waals surface area contributed by atoms with Crippen molar-refractivity contribution in [2.45, 2.75) is 45.0 Å². The molecule has 1 aliphatic rings. The highest BCUT2D eigenvalue weighted by Gasteiger charge is 2.31. The number of hydrogen-bond acceptors (Lipinski definition) is 3. The predicted molar refractivity (Wildman–Crippen MR) is 106 cm³/mol. The van der Waals surface area contributed by atoms with Crippen LogP contribution in [0, 0.1) is 5.92 Å². The monoisotopic (exact) mass is 420 g/mol. The van der Waals surface area contributed by atoms with Crippen LogP contribution in [0.4, 0.5) is 18.9 Å². The molecule has 1 fully saturated rings. The summed E-state index contributed by atoms with van der Waals surface area (Å²) in [7, 11) is 0. The van der Waals surface area contributed by atoms with Crippen molar-refractivity contribution in [1.82, 2.24) is 5.32 Å². The van der Waals surface area contributed by atoms with E-state index in [2.05, 4.69) is 15.4 Å². The molecular formula is C22H23F3N2O3. The Morgan fingerprint density at radius 3 is 2.17 bits per heavy atom. The van der Waals surface area contributed by atoms with Crippen LogP contribution in [0.25, 0.3) is 0 Å². The largest absolute Gasteiger partial charge is 0.573 e. The Morgan fingerprint density at radius 1 is 0.933 bits per heavy atom. The van der Waals surface area contributed by atoms with Crippen molar-refractivity contribution in [3.8, 4) is 5.75 Å². The molecule has 0 saturated heterocycles. The first kappa shape index (κ1) is 21.7. The smallest absolute Gasteiger partial charge is 0.406 e. The second kappa shape index (κ2) is 9.65. The fraction of sp³-hybridized carbons (Fsp3) is 0.364. The number of rotatable bonds is 6. The van der Waals surface area contributed by atoms with Crippen molar-refractivity contribution in [2.24, 2.45) is 5.92 Å². The Bertz CT molecular complexity index is 859. The van der Waals surface area contributed by atoms with Gasteiger partial charge in [-0.2, -0.15) is 0 Å². The van der Waals surface area contributed by atoms with Crippen LogP contribution < -0.4 is 15.4 Å². The maximum Gasteiger partial charge on any atom is 0.573 e. The number of ether oxygens (including phenoxy) is 1. The molecule has 0 aliphatic heterocycles. The highest BCUT2D eigenvalue weighted by atomic mass is 19.4. The second-order valence-electron chi connectivity index (χ2n) is 7.28. The maximum atomic E-state index is 12.3. The van der Waals surface area contributed by atoms with Crippen LogP contribution in [0.3, 0.4) is 0 Å². The highest BCUT2D eigenvalue weighted by molar-refractivity contribution is 6.04. The summed E-state index contributed by atoms with van der Waals surface area (Å²) < 4.78 is 40.3. The van der Waals surface area contributed by atoms with E-state index in [1.165, 1.54) is 18.6 Å². The van der Waals surface area contributed by atoms with E-state index in [1.807, 2.05) is 0 Å². The van der Waals surface area contributed by atoms with Gasteiger partial charge in [0, 0.05) is 23.7 Å². The van der Waals surface area contributed by atoms with Gasteiger partial charge in [-0.25, -0.2) is 0 Å². The van der Waals surface area contributed by atoms with Crippen molar-refractivity contribution in [2.75, 3.05) is 5.32 Å². The number of benzene rings is 2. The molecule has 2 aromatic carbocycles. The quantitative estimate of drug-likeness (QED) is 0.689. The molecule has 0 radical (unpaired) electrons. The molecule has 8 heteroatoms. The zero-order valence-electron chi connectivity index (χ0n) is 16.3. The molecule has 0 atom stereocenters. The summed E-state index contributed by atoms with van der Waals surface area (Å²) in [5.41, 5.74) is 1.62. The number of carbonyl (C=O) groups is 2. The molecular weight excluding hydrogens is 397 g/mol. The lowest BCUT2D eigenvalue weighted by molar-refractivity contribution is -0.274. The Kier molecular flexibility index (Phi) is 6.97. The van der Waals surface area contributed by atoms with Gasteiger partial charge in [-0.1, -0.05) is 31.4 Å². The van der Waals surface area contributed by atoms with E-state index in [-0.39, 0.29) is 17.6 Å². The molecule has 160 valence electrons. The lowest BCUT2D eigenvalue weighted by Gasteiger charge is -2.20. The number of amides is 2. The van der Waals surface area contributed by atoms with Crippen LogP contribution in [-0.2, 0) is 11.3 Å². The van der Waals surface area contributed by atoms with Gasteiger partial charge < -0.3 is 15.4 Å². The van der Waals surface area contributed by atoms with E-state index in [0.717, 1.165) is 43.4 Å². The average molecular weight is 420 g/mol. The summed E-state index contributed by atoms with van der Waals surface area (Å²) in [6, 6.07) is 11.7. The fourth-order valence-corrected chi connectivity index (χ4v) is 3.42. The summed E-state index contributed by atoms with van der Waals surface area (Å²) >= 11 is 0. The minimum atomic E-state index is -4.76. The van der Waals surface area contributed by atoms with E-state index >= 15 is 0 Å². The molecule has 0 spiro atoms. The lowest BCUT2D eigenvalue weighted by Crippen LogP contribution is -2.31. The zero-order valence-corrected chi connectivity index (χ0v) is 16.3. The molecule has 0 bridgehead atoms. The van der Waals surface area contributed by atoms with Crippen molar-refractivity contribution in [3.63, 3.8) is 0 Å². The van der Waals surface area contributed by atoms with Gasteiger partial charge in [0.1, 0.15) is 5.75 Å². The van der Waals surface area contributed by atoms with E-state index in [1.54, 1.807) is 24.3 Å². The molecule has 0 unspecified atom stereocenters. The third-order valence-corrected chi connectivity index (χ3v) is 5.00. The summed E-state index contributed by atoms with van der Waals surface area (Å²) in [4.78, 5) is 24.5. The number of hydrogen-bond donors (Lipinski definition) is 2. The molecule has 2 N–H and O–H groups in total. The Labute approximate surface area is 172 Å². The highest BCUT2D eigenvalue weighted by Crippen LogP contribution is 2.25. The minimum absolute atomic E-state index is 0.0782. The number of halogens is 3. The average Bonchev–Trinajstić information content (AvgIpc) is 2.73. The molecule has 3 rings (SSSR count). The first-order valence-corrected chi connectivity index (χ1v) is 9.84. The van der Waals surface area contributed by atoms with Crippen molar-refractivity contribution < 1.29 is 27.5 Å². The minimum Gasteiger partial charge on any atom is -0.406 e. The van der Waals surface area contributed by atoms with Gasteiger partial charge in [-0.05, 0) is 54.8 Å². The zero-order chi connectivity index (χ0) is 21.6. The van der Waals surface area contributed by atoms with Crippen LogP contribution >= 0.6 is 0 Å². The molecule has 1 aliphatic carbocycles. The summed E-state index contributed by atoms with van der Waals surface area (Å²) in [6.45, 7) is 0.401. The number of alkyl halides is 3. The van der Waals surface area contributed by atoms with Gasteiger partial charge in [-0.15, -0.1) is 13.2 Å². The molecule has 2 aromatic rings. The van der Waals surface area contributed by atoms with Gasteiger partial charge in [0.25, 0.3) is 5.91 Å². The van der Waals surface area contributed by atoms with Crippen molar-refractivity contribution in [3.05, 3.63) is 59.7 Å². The van der Waals surface area contributed by atoms with Gasteiger partial charge in [-0.3, -0.25) is 9.59 Å². The van der Waals surface area contributed by atoms with E-state index < -0.39 is 12.3 Å². The first-order valence-electron chi connectivity index (χ1n) is 9.84. The van der Waals surface area contributed by atoms with Crippen molar-refractivity contribution >= 4 is 17.5 Å². The summed E-state index contributed by atoms with van der Waals surface area (Å²) in [5, 5.41) is 5.56. The van der Waals surface area contributed by atoms with Crippen LogP contribution in [0.5, 0.6) is 5.75 Å². The maximum absolute atomic E-state index is 12.3. The SMILES string of the molecule is O=C(Nc1ccc(OC(F)(F)F)cc1)c1ccc(CNC(=O)C2CCCCC2)cc1. The van der Waals surface area contributed by atoms with E-state index in [9.17, 15) is 22.8 Å². The number of nitrogens with one attached hydrogen (secondary N) is 2. The Hall–Kier alpha value is -3.03. The Balaban J connectivity index is 1.50. The standard InChI is InChI=1S/C22H23F3N2O3/c23-22(24,25)30-19-12-10-18(11-13-19)27-21(29)17-8-6-15(7-9-17)14-26-20(28)16-4-2-1-3-5-16/h6-13,16H,1-5,14H2,(H,26,28)(H,27,29).